The molecule has 1 heterocycles. The van der Waals surface area contributed by atoms with Crippen molar-refractivity contribution in [2.75, 3.05) is 17.7 Å². The Hall–Kier alpha value is -2.52. The van der Waals surface area contributed by atoms with E-state index in [4.69, 9.17) is 4.74 Å². The van der Waals surface area contributed by atoms with Gasteiger partial charge in [-0.05, 0) is 50.3 Å². The molecular formula is C20H23N3O2S. The van der Waals surface area contributed by atoms with Gasteiger partial charge in [-0.3, -0.25) is 4.79 Å². The summed E-state index contributed by atoms with van der Waals surface area (Å²) in [6.45, 7) is 1.80. The maximum atomic E-state index is 12.6. The van der Waals surface area contributed by atoms with Crippen LogP contribution in [0.4, 0.5) is 10.7 Å². The first-order chi connectivity index (χ1) is 12.6. The van der Waals surface area contributed by atoms with Crippen molar-refractivity contribution < 1.29 is 9.53 Å². The number of hydrogen-bond donors (Lipinski definition) is 2. The van der Waals surface area contributed by atoms with Crippen molar-refractivity contribution in [1.82, 2.24) is 0 Å². The van der Waals surface area contributed by atoms with Crippen molar-refractivity contribution in [3.8, 4) is 11.8 Å². The standard InChI is InChI=1S/C20H23N3O2S/c1-13(22-16-9-6-7-10-17(16)25-2)19(24)23-20-15(12-21)14-8-4-3-5-11-18(14)26-20/h6-7,9-10,13,22H,3-5,8,11H2,1-2H3,(H,23,24)/t13-/m0/s1. The van der Waals surface area contributed by atoms with Gasteiger partial charge in [0.1, 0.15) is 22.9 Å². The Bertz CT molecular complexity index is 838. The van der Waals surface area contributed by atoms with Gasteiger partial charge in [0, 0.05) is 4.88 Å². The molecule has 0 bridgehead atoms. The quantitative estimate of drug-likeness (QED) is 0.769. The van der Waals surface area contributed by atoms with Gasteiger partial charge in [-0.15, -0.1) is 11.3 Å². The third-order valence-electron chi connectivity index (χ3n) is 4.64. The fourth-order valence-electron chi connectivity index (χ4n) is 3.23. The first-order valence-corrected chi connectivity index (χ1v) is 9.70. The highest BCUT2D eigenvalue weighted by Gasteiger charge is 2.23. The summed E-state index contributed by atoms with van der Waals surface area (Å²) in [7, 11) is 1.60. The van der Waals surface area contributed by atoms with Gasteiger partial charge in [0.05, 0.1) is 18.4 Å². The van der Waals surface area contributed by atoms with Crippen LogP contribution < -0.4 is 15.4 Å². The van der Waals surface area contributed by atoms with Crippen LogP contribution in [0.1, 0.15) is 42.2 Å². The maximum absolute atomic E-state index is 12.6. The molecule has 1 aromatic heterocycles. The van der Waals surface area contributed by atoms with Crippen LogP contribution in [-0.2, 0) is 17.6 Å². The second kappa shape index (κ2) is 8.24. The fraction of sp³-hybridized carbons (Fsp3) is 0.400. The number of aryl methyl sites for hydroxylation is 1. The van der Waals surface area contributed by atoms with E-state index in [-0.39, 0.29) is 5.91 Å². The number of fused-ring (bicyclic) bond motifs is 1. The lowest BCUT2D eigenvalue weighted by Gasteiger charge is -2.17. The highest BCUT2D eigenvalue weighted by Crippen LogP contribution is 2.37. The molecule has 0 unspecified atom stereocenters. The molecule has 0 spiro atoms. The molecule has 2 N–H and O–H groups in total. The van der Waals surface area contributed by atoms with Crippen molar-refractivity contribution in [2.24, 2.45) is 0 Å². The monoisotopic (exact) mass is 369 g/mol. The summed E-state index contributed by atoms with van der Waals surface area (Å²) in [4.78, 5) is 13.9. The van der Waals surface area contributed by atoms with Crippen molar-refractivity contribution >= 4 is 27.9 Å². The molecule has 0 fully saturated rings. The Morgan fingerprint density at radius 2 is 2.04 bits per heavy atom. The lowest BCUT2D eigenvalue weighted by atomic mass is 10.1. The van der Waals surface area contributed by atoms with Crippen LogP contribution in [-0.4, -0.2) is 19.1 Å². The third kappa shape index (κ3) is 3.83. The maximum Gasteiger partial charge on any atom is 0.247 e. The lowest BCUT2D eigenvalue weighted by molar-refractivity contribution is -0.116. The summed E-state index contributed by atoms with van der Waals surface area (Å²) in [5.41, 5.74) is 2.54. The molecule has 2 aromatic rings. The second-order valence-electron chi connectivity index (χ2n) is 6.44. The summed E-state index contributed by atoms with van der Waals surface area (Å²) in [6, 6.07) is 9.33. The number of benzene rings is 1. The number of amides is 1. The second-order valence-corrected chi connectivity index (χ2v) is 7.54. The lowest BCUT2D eigenvalue weighted by Crippen LogP contribution is -2.32. The number of carbonyl (C=O) groups is 1. The number of hydrogen-bond acceptors (Lipinski definition) is 5. The summed E-state index contributed by atoms with van der Waals surface area (Å²) in [5.74, 6) is 0.525. The normalized spacial score (nSPS) is 14.5. The summed E-state index contributed by atoms with van der Waals surface area (Å²) < 4.78 is 5.31. The van der Waals surface area contributed by atoms with E-state index in [1.54, 1.807) is 25.4 Å². The summed E-state index contributed by atoms with van der Waals surface area (Å²) >= 11 is 1.55. The van der Waals surface area contributed by atoms with E-state index in [0.29, 0.717) is 16.3 Å². The summed E-state index contributed by atoms with van der Waals surface area (Å²) in [6.07, 6.45) is 5.39. The van der Waals surface area contributed by atoms with Crippen LogP contribution in [0.3, 0.4) is 0 Å². The molecular weight excluding hydrogens is 346 g/mol. The van der Waals surface area contributed by atoms with E-state index < -0.39 is 6.04 Å². The Labute approximate surface area is 158 Å². The molecule has 5 nitrogen and oxygen atoms in total. The highest BCUT2D eigenvalue weighted by molar-refractivity contribution is 7.16. The zero-order valence-corrected chi connectivity index (χ0v) is 15.9. The average Bonchev–Trinajstić information content (AvgIpc) is 2.81. The number of rotatable bonds is 5. The Balaban J connectivity index is 1.74. The molecule has 6 heteroatoms. The zero-order chi connectivity index (χ0) is 18.5. The number of nitriles is 1. The minimum atomic E-state index is -0.459. The van der Waals surface area contributed by atoms with Crippen molar-refractivity contribution in [3.63, 3.8) is 0 Å². The van der Waals surface area contributed by atoms with Gasteiger partial charge >= 0.3 is 0 Å². The molecule has 1 atom stereocenters. The van der Waals surface area contributed by atoms with Crippen LogP contribution in [0, 0.1) is 11.3 Å². The number of nitrogens with one attached hydrogen (secondary N) is 2. The molecule has 0 saturated heterocycles. The molecule has 3 rings (SSSR count). The predicted octanol–water partition coefficient (Wildman–Crippen LogP) is 4.34. The van der Waals surface area contributed by atoms with E-state index >= 15 is 0 Å². The van der Waals surface area contributed by atoms with E-state index in [1.807, 2.05) is 24.3 Å². The van der Waals surface area contributed by atoms with E-state index in [9.17, 15) is 10.1 Å². The van der Waals surface area contributed by atoms with Crippen molar-refractivity contribution in [1.29, 1.82) is 5.26 Å². The fourth-order valence-corrected chi connectivity index (χ4v) is 4.47. The van der Waals surface area contributed by atoms with Gasteiger partial charge in [-0.25, -0.2) is 0 Å². The minimum Gasteiger partial charge on any atom is -0.495 e. The van der Waals surface area contributed by atoms with E-state index in [0.717, 1.165) is 36.9 Å². The summed E-state index contributed by atoms with van der Waals surface area (Å²) in [5, 5.41) is 16.4. The number of anilines is 2. The largest absolute Gasteiger partial charge is 0.495 e. The van der Waals surface area contributed by atoms with E-state index in [1.165, 1.54) is 11.3 Å². The molecule has 1 aromatic carbocycles. The van der Waals surface area contributed by atoms with Crippen molar-refractivity contribution in [3.05, 3.63) is 40.3 Å². The zero-order valence-electron chi connectivity index (χ0n) is 15.1. The first-order valence-electron chi connectivity index (χ1n) is 8.89. The van der Waals surface area contributed by atoms with Crippen LogP contribution in [0.5, 0.6) is 5.75 Å². The smallest absolute Gasteiger partial charge is 0.247 e. The third-order valence-corrected chi connectivity index (χ3v) is 5.85. The van der Waals surface area contributed by atoms with Gasteiger partial charge < -0.3 is 15.4 Å². The highest BCUT2D eigenvalue weighted by atomic mass is 32.1. The molecule has 1 amide bonds. The number of nitrogens with zero attached hydrogens (tertiary/aromatic N) is 1. The van der Waals surface area contributed by atoms with Crippen LogP contribution in [0.25, 0.3) is 0 Å². The van der Waals surface area contributed by atoms with E-state index in [2.05, 4.69) is 16.7 Å². The number of para-hydroxylation sites is 2. The molecule has 1 aliphatic rings. The number of carbonyl (C=O) groups excluding carboxylic acids is 1. The van der Waals surface area contributed by atoms with Crippen LogP contribution >= 0.6 is 11.3 Å². The molecule has 0 radical (unpaired) electrons. The molecule has 0 aliphatic heterocycles. The van der Waals surface area contributed by atoms with Gasteiger partial charge in [-0.2, -0.15) is 5.26 Å². The SMILES string of the molecule is COc1ccccc1N[C@@H](C)C(=O)Nc1sc2c(c1C#N)CCCCC2. The Morgan fingerprint density at radius 1 is 1.27 bits per heavy atom. The first kappa shape index (κ1) is 18.3. The molecule has 0 saturated carbocycles. The van der Waals surface area contributed by atoms with Crippen LogP contribution in [0.15, 0.2) is 24.3 Å². The van der Waals surface area contributed by atoms with Crippen LogP contribution in [0.2, 0.25) is 0 Å². The van der Waals surface area contributed by atoms with Gasteiger partial charge in [0.25, 0.3) is 0 Å². The van der Waals surface area contributed by atoms with Gasteiger partial charge in [0.15, 0.2) is 0 Å². The Kier molecular flexibility index (Phi) is 5.79. The average molecular weight is 369 g/mol. The predicted molar refractivity (Wildman–Crippen MR) is 105 cm³/mol. The number of thiophene rings is 1. The topological polar surface area (TPSA) is 74.2 Å². The number of methoxy groups -OCH3 is 1. The van der Waals surface area contributed by atoms with Gasteiger partial charge in [0.2, 0.25) is 5.91 Å². The molecule has 26 heavy (non-hydrogen) atoms. The molecule has 136 valence electrons. The van der Waals surface area contributed by atoms with Gasteiger partial charge in [-0.1, -0.05) is 18.6 Å². The Morgan fingerprint density at radius 3 is 2.81 bits per heavy atom. The molecule has 1 aliphatic carbocycles. The van der Waals surface area contributed by atoms with Crippen molar-refractivity contribution in [2.45, 2.75) is 45.1 Å². The minimum absolute atomic E-state index is 0.163. The number of ether oxygens (including phenoxy) is 1.